The van der Waals surface area contributed by atoms with Crippen LogP contribution in [0, 0.1) is 0 Å². The van der Waals surface area contributed by atoms with Gasteiger partial charge in [0.15, 0.2) is 0 Å². The summed E-state index contributed by atoms with van der Waals surface area (Å²) in [7, 11) is 1.82. The molecule has 0 bridgehead atoms. The summed E-state index contributed by atoms with van der Waals surface area (Å²) in [5, 5.41) is 0. The molecule has 1 fully saturated rings. The van der Waals surface area contributed by atoms with Crippen LogP contribution >= 0.6 is 0 Å². The zero-order chi connectivity index (χ0) is 16.9. The van der Waals surface area contributed by atoms with Crippen LogP contribution in [0.1, 0.15) is 29.6 Å². The molecule has 2 N–H and O–H groups in total. The third-order valence-electron chi connectivity index (χ3n) is 4.21. The summed E-state index contributed by atoms with van der Waals surface area (Å²) in [5.41, 5.74) is 7.97. The highest BCUT2D eigenvalue weighted by atomic mass is 16.5. The molecule has 3 rings (SSSR count). The molecule has 1 unspecified atom stereocenters. The minimum absolute atomic E-state index is 0.00192. The highest BCUT2D eigenvalue weighted by Gasteiger charge is 2.19. The lowest BCUT2D eigenvalue weighted by Crippen LogP contribution is -2.37. The number of rotatable bonds is 4. The van der Waals surface area contributed by atoms with Gasteiger partial charge in [0.05, 0.1) is 11.8 Å². The monoisotopic (exact) mass is 326 g/mol. The molecule has 1 aliphatic rings. The Labute approximate surface area is 141 Å². The first-order chi connectivity index (χ1) is 11.6. The second kappa shape index (κ2) is 7.40. The van der Waals surface area contributed by atoms with Crippen LogP contribution < -0.4 is 5.73 Å². The van der Waals surface area contributed by atoms with E-state index in [1.807, 2.05) is 31.3 Å². The summed E-state index contributed by atoms with van der Waals surface area (Å²) in [6.07, 6.45) is 4.89. The molecule has 6 heteroatoms. The van der Waals surface area contributed by atoms with Gasteiger partial charge >= 0.3 is 0 Å². The van der Waals surface area contributed by atoms with E-state index in [9.17, 15) is 4.79 Å². The smallest absolute Gasteiger partial charge is 0.253 e. The number of benzene rings is 1. The molecular formula is C18H22N4O2. The van der Waals surface area contributed by atoms with E-state index in [1.165, 1.54) is 12.7 Å². The number of carbonyl (C=O) groups excluding carboxylic acids is 1. The topological polar surface area (TPSA) is 81.3 Å². The Morgan fingerprint density at radius 2 is 2.08 bits per heavy atom. The number of hydrogen-bond donors (Lipinski definition) is 1. The van der Waals surface area contributed by atoms with Gasteiger partial charge in [0.2, 0.25) is 0 Å². The van der Waals surface area contributed by atoms with Gasteiger partial charge < -0.3 is 15.4 Å². The fraction of sp³-hybridized carbons (Fsp3) is 0.389. The third-order valence-corrected chi connectivity index (χ3v) is 4.21. The van der Waals surface area contributed by atoms with Gasteiger partial charge in [0.25, 0.3) is 5.91 Å². The molecule has 1 saturated heterocycles. The van der Waals surface area contributed by atoms with E-state index in [0.29, 0.717) is 17.9 Å². The second-order valence-corrected chi connectivity index (χ2v) is 6.08. The number of nitrogens with zero attached hydrogens (tertiary/aromatic N) is 3. The van der Waals surface area contributed by atoms with Gasteiger partial charge in [-0.25, -0.2) is 9.97 Å². The van der Waals surface area contributed by atoms with Crippen LogP contribution in [0.15, 0.2) is 36.7 Å². The predicted octanol–water partition coefficient (Wildman–Crippen LogP) is 2.37. The van der Waals surface area contributed by atoms with Crippen LogP contribution in [0.5, 0.6) is 0 Å². The Morgan fingerprint density at radius 3 is 2.75 bits per heavy atom. The fourth-order valence-corrected chi connectivity index (χ4v) is 2.87. The lowest BCUT2D eigenvalue weighted by atomic mass is 10.1. The van der Waals surface area contributed by atoms with E-state index in [2.05, 4.69) is 9.97 Å². The molecule has 6 nitrogen and oxygen atoms in total. The average molecular weight is 326 g/mol. The minimum Gasteiger partial charge on any atom is -0.384 e. The van der Waals surface area contributed by atoms with Crippen LogP contribution in [0.25, 0.3) is 11.3 Å². The Balaban J connectivity index is 1.67. The van der Waals surface area contributed by atoms with Crippen molar-refractivity contribution in [2.24, 2.45) is 0 Å². The maximum atomic E-state index is 12.5. The van der Waals surface area contributed by atoms with E-state index >= 15 is 0 Å². The number of anilines is 1. The summed E-state index contributed by atoms with van der Waals surface area (Å²) in [6.45, 7) is 1.42. The van der Waals surface area contributed by atoms with Crippen molar-refractivity contribution in [2.45, 2.75) is 25.4 Å². The molecule has 1 aromatic carbocycles. The van der Waals surface area contributed by atoms with E-state index < -0.39 is 0 Å². The second-order valence-electron chi connectivity index (χ2n) is 6.08. The summed E-state index contributed by atoms with van der Waals surface area (Å²) in [6, 6.07) is 9.09. The Kier molecular flexibility index (Phi) is 5.05. The van der Waals surface area contributed by atoms with Gasteiger partial charge in [-0.15, -0.1) is 0 Å². The van der Waals surface area contributed by atoms with Gasteiger partial charge in [-0.2, -0.15) is 0 Å². The maximum Gasteiger partial charge on any atom is 0.253 e. The number of hydrogen-bond acceptors (Lipinski definition) is 5. The summed E-state index contributed by atoms with van der Waals surface area (Å²) in [4.78, 5) is 22.4. The molecule has 1 amide bonds. The Bertz CT molecular complexity index is 696. The van der Waals surface area contributed by atoms with Gasteiger partial charge in [0.1, 0.15) is 12.1 Å². The first-order valence-electron chi connectivity index (χ1n) is 8.18. The summed E-state index contributed by atoms with van der Waals surface area (Å²) in [5.74, 6) is 0.422. The Hall–Kier alpha value is -2.47. The van der Waals surface area contributed by atoms with Crippen molar-refractivity contribution < 1.29 is 9.53 Å². The number of ether oxygens (including phenoxy) is 1. The van der Waals surface area contributed by atoms with Crippen molar-refractivity contribution in [3.8, 4) is 11.3 Å². The zero-order valence-electron chi connectivity index (χ0n) is 13.8. The standard InChI is InChI=1S/C18H22N4O2/c1-22(11-15-4-2-3-9-24-15)18(23)14-7-5-13(6-8-14)16-10-17(19)21-12-20-16/h5-8,10,12,15H,2-4,9,11H2,1H3,(H2,19,20,21). The predicted molar refractivity (Wildman–Crippen MR) is 92.4 cm³/mol. The molecule has 1 aromatic heterocycles. The van der Waals surface area contributed by atoms with Crippen molar-refractivity contribution in [1.82, 2.24) is 14.9 Å². The van der Waals surface area contributed by atoms with Gasteiger partial charge in [-0.05, 0) is 31.4 Å². The molecule has 1 aliphatic heterocycles. The van der Waals surface area contributed by atoms with Gasteiger partial charge in [-0.1, -0.05) is 12.1 Å². The molecular weight excluding hydrogens is 304 g/mol. The first kappa shape index (κ1) is 16.4. The van der Waals surface area contributed by atoms with Crippen molar-refractivity contribution in [2.75, 3.05) is 25.9 Å². The molecule has 126 valence electrons. The van der Waals surface area contributed by atoms with Crippen LogP contribution in [0.2, 0.25) is 0 Å². The van der Waals surface area contributed by atoms with E-state index in [1.54, 1.807) is 11.0 Å². The maximum absolute atomic E-state index is 12.5. The van der Waals surface area contributed by atoms with Crippen molar-refractivity contribution in [1.29, 1.82) is 0 Å². The minimum atomic E-state index is -0.00192. The largest absolute Gasteiger partial charge is 0.384 e. The number of nitrogen functional groups attached to an aromatic ring is 1. The SMILES string of the molecule is CN(CC1CCCCO1)C(=O)c1ccc(-c2cc(N)ncn2)cc1. The number of carbonyl (C=O) groups is 1. The lowest BCUT2D eigenvalue weighted by molar-refractivity contribution is -0.000186. The summed E-state index contributed by atoms with van der Waals surface area (Å²) >= 11 is 0. The number of aromatic nitrogens is 2. The van der Waals surface area contributed by atoms with Crippen molar-refractivity contribution in [3.05, 3.63) is 42.2 Å². The molecule has 2 heterocycles. The van der Waals surface area contributed by atoms with Crippen molar-refractivity contribution in [3.63, 3.8) is 0 Å². The van der Waals surface area contributed by atoms with Gasteiger partial charge in [0, 0.05) is 37.4 Å². The van der Waals surface area contributed by atoms with Gasteiger partial charge in [-0.3, -0.25) is 4.79 Å². The molecule has 24 heavy (non-hydrogen) atoms. The molecule has 0 saturated carbocycles. The van der Waals surface area contributed by atoms with Crippen LogP contribution in [0.3, 0.4) is 0 Å². The lowest BCUT2D eigenvalue weighted by Gasteiger charge is -2.27. The highest BCUT2D eigenvalue weighted by molar-refractivity contribution is 5.94. The molecule has 0 radical (unpaired) electrons. The molecule has 0 aliphatic carbocycles. The van der Waals surface area contributed by atoms with Crippen LogP contribution in [-0.4, -0.2) is 47.1 Å². The van der Waals surface area contributed by atoms with E-state index in [4.69, 9.17) is 10.5 Å². The van der Waals surface area contributed by atoms with Crippen LogP contribution in [0.4, 0.5) is 5.82 Å². The van der Waals surface area contributed by atoms with E-state index in [-0.39, 0.29) is 12.0 Å². The first-order valence-corrected chi connectivity index (χ1v) is 8.18. The molecule has 1 atom stereocenters. The highest BCUT2D eigenvalue weighted by Crippen LogP contribution is 2.19. The average Bonchev–Trinajstić information content (AvgIpc) is 2.62. The number of nitrogens with two attached hydrogens (primary N) is 1. The van der Waals surface area contributed by atoms with Crippen LogP contribution in [-0.2, 0) is 4.74 Å². The number of likely N-dealkylation sites (N-methyl/N-ethyl adjacent to an activating group) is 1. The fourth-order valence-electron chi connectivity index (χ4n) is 2.87. The number of amides is 1. The normalized spacial score (nSPS) is 17.5. The molecule has 0 spiro atoms. The summed E-state index contributed by atoms with van der Waals surface area (Å²) < 4.78 is 5.70. The zero-order valence-corrected chi connectivity index (χ0v) is 13.8. The Morgan fingerprint density at radius 1 is 1.29 bits per heavy atom. The molecule has 2 aromatic rings. The quantitative estimate of drug-likeness (QED) is 0.933. The third kappa shape index (κ3) is 3.89. The van der Waals surface area contributed by atoms with Crippen molar-refractivity contribution >= 4 is 11.7 Å². The van der Waals surface area contributed by atoms with E-state index in [0.717, 1.165) is 30.7 Å².